The van der Waals surface area contributed by atoms with Crippen molar-refractivity contribution in [3.63, 3.8) is 0 Å². The second-order valence-corrected chi connectivity index (χ2v) is 4.19. The van der Waals surface area contributed by atoms with Gasteiger partial charge in [-0.3, -0.25) is 4.79 Å². The Morgan fingerprint density at radius 1 is 0.933 bits per heavy atom. The van der Waals surface area contributed by atoms with E-state index in [1.54, 1.807) is 6.92 Å². The topological polar surface area (TPSA) is 26.3 Å². The van der Waals surface area contributed by atoms with Crippen LogP contribution in [0.2, 0.25) is 0 Å². The van der Waals surface area contributed by atoms with Crippen LogP contribution in [0.1, 0.15) is 65.2 Å². The molecule has 0 heterocycles. The predicted octanol–water partition coefficient (Wildman–Crippen LogP) is 3.73. The lowest BCUT2D eigenvalue weighted by Gasteiger charge is -2.02. The third-order valence-electron chi connectivity index (χ3n) is 2.49. The van der Waals surface area contributed by atoms with E-state index in [4.69, 9.17) is 4.74 Å². The van der Waals surface area contributed by atoms with Gasteiger partial charge in [0.15, 0.2) is 0 Å². The molecule has 2 nitrogen and oxygen atoms in total. The first kappa shape index (κ1) is 14.6. The molecule has 0 rings (SSSR count). The molecule has 0 radical (unpaired) electrons. The van der Waals surface area contributed by atoms with Gasteiger partial charge in [0.05, 0.1) is 6.61 Å². The van der Waals surface area contributed by atoms with Crippen molar-refractivity contribution in [1.29, 1.82) is 0 Å². The molecule has 0 aliphatic rings. The van der Waals surface area contributed by atoms with E-state index in [1.165, 1.54) is 38.5 Å². The molecule has 0 saturated carbocycles. The van der Waals surface area contributed by atoms with E-state index in [-0.39, 0.29) is 5.78 Å². The first-order chi connectivity index (χ1) is 7.27. The van der Waals surface area contributed by atoms with Crippen LogP contribution in [0.15, 0.2) is 0 Å². The minimum atomic E-state index is 0.217. The Bertz CT molecular complexity index is 143. The van der Waals surface area contributed by atoms with Gasteiger partial charge in [0, 0.05) is 13.0 Å². The van der Waals surface area contributed by atoms with E-state index in [2.05, 4.69) is 6.92 Å². The standard InChI is InChI=1S/C13H26O2/c1-3-4-5-6-7-8-9-11-15-12-10-13(2)14/h3-12H2,1-2H3. The number of Topliss-reactive ketones (excluding diaryl/α,β-unsaturated/α-hetero) is 1. The summed E-state index contributed by atoms with van der Waals surface area (Å²) in [7, 11) is 0. The van der Waals surface area contributed by atoms with E-state index in [0.717, 1.165) is 13.0 Å². The molecule has 0 aromatic heterocycles. The Morgan fingerprint density at radius 3 is 2.13 bits per heavy atom. The second kappa shape index (κ2) is 11.7. The fourth-order valence-corrected chi connectivity index (χ4v) is 1.48. The molecule has 0 fully saturated rings. The van der Waals surface area contributed by atoms with Crippen LogP contribution in [0.3, 0.4) is 0 Å². The molecule has 2 heteroatoms. The smallest absolute Gasteiger partial charge is 0.132 e. The van der Waals surface area contributed by atoms with Gasteiger partial charge in [0.2, 0.25) is 0 Å². The molecule has 0 amide bonds. The molecular formula is C13H26O2. The Balaban J connectivity index is 2.89. The van der Waals surface area contributed by atoms with E-state index in [1.807, 2.05) is 0 Å². The average molecular weight is 214 g/mol. The van der Waals surface area contributed by atoms with Gasteiger partial charge in [-0.1, -0.05) is 45.4 Å². The monoisotopic (exact) mass is 214 g/mol. The van der Waals surface area contributed by atoms with Gasteiger partial charge in [-0.25, -0.2) is 0 Å². The van der Waals surface area contributed by atoms with Crippen molar-refractivity contribution < 1.29 is 9.53 Å². The van der Waals surface area contributed by atoms with Crippen molar-refractivity contribution in [2.24, 2.45) is 0 Å². The van der Waals surface area contributed by atoms with Gasteiger partial charge in [0.25, 0.3) is 0 Å². The van der Waals surface area contributed by atoms with E-state index < -0.39 is 0 Å². The molecule has 0 aromatic rings. The maximum absolute atomic E-state index is 10.6. The summed E-state index contributed by atoms with van der Waals surface area (Å²) in [6, 6.07) is 0. The number of ketones is 1. The summed E-state index contributed by atoms with van der Waals surface area (Å²) in [6.45, 7) is 5.27. The van der Waals surface area contributed by atoms with Crippen LogP contribution < -0.4 is 0 Å². The van der Waals surface area contributed by atoms with Gasteiger partial charge in [0.1, 0.15) is 5.78 Å². The third-order valence-corrected chi connectivity index (χ3v) is 2.49. The molecule has 0 bridgehead atoms. The van der Waals surface area contributed by atoms with Crippen LogP contribution >= 0.6 is 0 Å². The minimum Gasteiger partial charge on any atom is -0.381 e. The third kappa shape index (κ3) is 13.6. The van der Waals surface area contributed by atoms with Crippen molar-refractivity contribution in [2.75, 3.05) is 13.2 Å². The van der Waals surface area contributed by atoms with E-state index >= 15 is 0 Å². The first-order valence-electron chi connectivity index (χ1n) is 6.34. The fourth-order valence-electron chi connectivity index (χ4n) is 1.48. The molecule has 0 N–H and O–H groups in total. The lowest BCUT2D eigenvalue weighted by molar-refractivity contribution is -0.118. The van der Waals surface area contributed by atoms with Crippen LogP contribution in [0.4, 0.5) is 0 Å². The number of hydrogen-bond acceptors (Lipinski definition) is 2. The molecule has 15 heavy (non-hydrogen) atoms. The van der Waals surface area contributed by atoms with Crippen LogP contribution in [0.5, 0.6) is 0 Å². The van der Waals surface area contributed by atoms with Crippen molar-refractivity contribution in [2.45, 2.75) is 65.2 Å². The SMILES string of the molecule is CCCCCCCCCOCCC(C)=O. The zero-order chi connectivity index (χ0) is 11.4. The molecule has 0 aromatic carbocycles. The maximum atomic E-state index is 10.6. The lowest BCUT2D eigenvalue weighted by Crippen LogP contribution is -2.01. The second-order valence-electron chi connectivity index (χ2n) is 4.19. The Hall–Kier alpha value is -0.370. The van der Waals surface area contributed by atoms with Crippen molar-refractivity contribution in [1.82, 2.24) is 0 Å². The maximum Gasteiger partial charge on any atom is 0.132 e. The molecule has 0 aliphatic carbocycles. The van der Waals surface area contributed by atoms with E-state index in [0.29, 0.717) is 13.0 Å². The Kier molecular flexibility index (Phi) is 11.4. The van der Waals surface area contributed by atoms with Gasteiger partial charge < -0.3 is 4.74 Å². The quantitative estimate of drug-likeness (QED) is 0.490. The van der Waals surface area contributed by atoms with Gasteiger partial charge in [-0.2, -0.15) is 0 Å². The molecular weight excluding hydrogens is 188 g/mol. The number of hydrogen-bond donors (Lipinski definition) is 0. The molecule has 0 atom stereocenters. The number of carbonyl (C=O) groups is 1. The number of unbranched alkanes of at least 4 members (excludes halogenated alkanes) is 6. The van der Waals surface area contributed by atoms with Crippen LogP contribution in [0, 0.1) is 0 Å². The molecule has 0 saturated heterocycles. The van der Waals surface area contributed by atoms with Crippen LogP contribution in [-0.2, 0) is 9.53 Å². The first-order valence-corrected chi connectivity index (χ1v) is 6.34. The zero-order valence-corrected chi connectivity index (χ0v) is 10.4. The summed E-state index contributed by atoms with van der Waals surface area (Å²) < 4.78 is 5.35. The molecule has 0 aliphatic heterocycles. The van der Waals surface area contributed by atoms with Gasteiger partial charge >= 0.3 is 0 Å². The summed E-state index contributed by atoms with van der Waals surface area (Å²) in [6.07, 6.45) is 9.73. The van der Waals surface area contributed by atoms with Gasteiger partial charge in [-0.15, -0.1) is 0 Å². The molecule has 90 valence electrons. The summed E-state index contributed by atoms with van der Waals surface area (Å²) in [5.74, 6) is 0.217. The van der Waals surface area contributed by atoms with E-state index in [9.17, 15) is 4.79 Å². The number of carbonyl (C=O) groups excluding carboxylic acids is 1. The van der Waals surface area contributed by atoms with Crippen molar-refractivity contribution >= 4 is 5.78 Å². The van der Waals surface area contributed by atoms with Crippen molar-refractivity contribution in [3.05, 3.63) is 0 Å². The summed E-state index contributed by atoms with van der Waals surface area (Å²) in [5.41, 5.74) is 0. The average Bonchev–Trinajstić information content (AvgIpc) is 2.20. The molecule has 0 unspecified atom stereocenters. The Morgan fingerprint density at radius 2 is 1.53 bits per heavy atom. The summed E-state index contributed by atoms with van der Waals surface area (Å²) >= 11 is 0. The van der Waals surface area contributed by atoms with Gasteiger partial charge in [-0.05, 0) is 13.3 Å². The predicted molar refractivity (Wildman–Crippen MR) is 64.1 cm³/mol. The summed E-state index contributed by atoms with van der Waals surface area (Å²) in [4.78, 5) is 10.6. The van der Waals surface area contributed by atoms with Crippen LogP contribution in [0.25, 0.3) is 0 Å². The van der Waals surface area contributed by atoms with Crippen molar-refractivity contribution in [3.8, 4) is 0 Å². The lowest BCUT2D eigenvalue weighted by atomic mass is 10.1. The Labute approximate surface area is 94.4 Å². The minimum absolute atomic E-state index is 0.217. The highest BCUT2D eigenvalue weighted by Gasteiger charge is 1.94. The zero-order valence-electron chi connectivity index (χ0n) is 10.4. The summed E-state index contributed by atoms with van der Waals surface area (Å²) in [5, 5.41) is 0. The highest BCUT2D eigenvalue weighted by molar-refractivity contribution is 5.75. The number of rotatable bonds is 11. The fraction of sp³-hybridized carbons (Fsp3) is 0.923. The highest BCUT2D eigenvalue weighted by Crippen LogP contribution is 2.06. The molecule has 0 spiro atoms. The highest BCUT2D eigenvalue weighted by atomic mass is 16.5. The van der Waals surface area contributed by atoms with Crippen LogP contribution in [-0.4, -0.2) is 19.0 Å². The normalized spacial score (nSPS) is 10.5. The largest absolute Gasteiger partial charge is 0.381 e. The number of ether oxygens (including phenoxy) is 1.